The minimum Gasteiger partial charge on any atom is -0.426 e. The second kappa shape index (κ2) is 20.6. The zero-order valence-electron chi connectivity index (χ0n) is 28.3. The molecule has 0 saturated heterocycles. The van der Waals surface area contributed by atoms with Gasteiger partial charge in [-0.15, -0.1) is 0 Å². The van der Waals surface area contributed by atoms with Gasteiger partial charge >= 0.3 is 17.2 Å². The Morgan fingerprint density at radius 1 is 0.659 bits per heavy atom. The number of benzene rings is 1. The van der Waals surface area contributed by atoms with Crippen molar-refractivity contribution in [2.24, 2.45) is 11.8 Å². The first-order valence-corrected chi connectivity index (χ1v) is 18.5. The van der Waals surface area contributed by atoms with Crippen molar-refractivity contribution in [1.29, 1.82) is 0 Å². The molecule has 0 saturated carbocycles. The zero-order valence-corrected chi connectivity index (χ0v) is 30.0. The molecule has 1 aromatic carbocycles. The highest BCUT2D eigenvalue weighted by molar-refractivity contribution is 7.55. The molecule has 240 valence electrons. The summed E-state index contributed by atoms with van der Waals surface area (Å²) in [6.45, 7) is 23.4. The van der Waals surface area contributed by atoms with Gasteiger partial charge in [-0.25, -0.2) is 4.31 Å². The lowest BCUT2D eigenvalue weighted by Crippen LogP contribution is -2.17. The smallest absolute Gasteiger partial charge is 0.404 e. The summed E-state index contributed by atoms with van der Waals surface area (Å²) in [6.07, 6.45) is 14.2. The molecule has 0 aliphatic rings. The van der Waals surface area contributed by atoms with Gasteiger partial charge in [0, 0.05) is 5.56 Å². The van der Waals surface area contributed by atoms with Crippen molar-refractivity contribution in [2.45, 2.75) is 157 Å². The Morgan fingerprint density at radius 3 is 1.63 bits per heavy atom. The minimum absolute atomic E-state index is 0.0348. The van der Waals surface area contributed by atoms with Crippen molar-refractivity contribution in [2.75, 3.05) is 13.2 Å². The topological polar surface area (TPSA) is 57.2 Å². The molecule has 7 heteroatoms. The summed E-state index contributed by atoms with van der Waals surface area (Å²) in [5.74, 6) is 2.30. The monoisotopic (exact) mass is 614 g/mol. The zero-order chi connectivity index (χ0) is 30.9. The van der Waals surface area contributed by atoms with Gasteiger partial charge in [-0.3, -0.25) is 0 Å². The quantitative estimate of drug-likeness (QED) is 0.104. The van der Waals surface area contributed by atoms with Crippen molar-refractivity contribution >= 4 is 17.2 Å². The summed E-state index contributed by atoms with van der Waals surface area (Å²) < 4.78 is 24.0. The van der Waals surface area contributed by atoms with Crippen LogP contribution < -0.4 is 4.52 Å². The van der Waals surface area contributed by atoms with Crippen molar-refractivity contribution in [3.8, 4) is 5.75 Å². The highest BCUT2D eigenvalue weighted by atomic mass is 31.2. The maximum atomic E-state index is 10.6. The Morgan fingerprint density at radius 2 is 1.15 bits per heavy atom. The van der Waals surface area contributed by atoms with Crippen molar-refractivity contribution < 1.29 is 22.8 Å². The average Bonchev–Trinajstić information content (AvgIpc) is 2.85. The number of rotatable bonds is 22. The van der Waals surface area contributed by atoms with E-state index in [0.717, 1.165) is 48.8 Å². The molecule has 0 radical (unpaired) electrons. The molecule has 1 rings (SSSR count). The molecule has 0 aliphatic carbocycles. The standard InChI is InChI=1S/C34H64O5P2/c1-28(2)21-17-13-11-15-19-25-36-40(35)39-41(37-26-20-16-12-14-18-22-29(3)4)38-32-24-23-30(33(5,6)7)27-31(32)34(8,9)10/h23-24,27-29,35H,11-22,25-26H2,1-10H3. The van der Waals surface area contributed by atoms with Crippen LogP contribution in [-0.2, 0) is 24.2 Å². The lowest BCUT2D eigenvalue weighted by molar-refractivity contribution is 0.217. The van der Waals surface area contributed by atoms with E-state index in [4.69, 9.17) is 17.9 Å². The number of hydrogen-bond donors (Lipinski definition) is 1. The predicted molar refractivity (Wildman–Crippen MR) is 179 cm³/mol. The summed E-state index contributed by atoms with van der Waals surface area (Å²) in [5, 5.41) is 0. The SMILES string of the molecule is CC(C)CCCCCCCOP(O)OP(OCCCCCCCC(C)C)Oc1ccc(C(C)(C)C)cc1C(C)(C)C. The average molecular weight is 615 g/mol. The van der Waals surface area contributed by atoms with Crippen LogP contribution in [0.5, 0.6) is 5.75 Å². The molecule has 0 bridgehead atoms. The van der Waals surface area contributed by atoms with Gasteiger partial charge in [0.2, 0.25) is 0 Å². The molecular formula is C34H64O5P2. The number of hydrogen-bond acceptors (Lipinski definition) is 5. The summed E-state index contributed by atoms with van der Waals surface area (Å²) >= 11 is 0. The second-order valence-electron chi connectivity index (χ2n) is 14.4. The molecule has 5 nitrogen and oxygen atoms in total. The highest BCUT2D eigenvalue weighted by Gasteiger charge is 2.28. The van der Waals surface area contributed by atoms with Crippen LogP contribution in [0.4, 0.5) is 0 Å². The molecule has 0 heterocycles. The maximum absolute atomic E-state index is 10.6. The summed E-state index contributed by atoms with van der Waals surface area (Å²) in [6, 6.07) is 6.38. The minimum atomic E-state index is -2.07. The fourth-order valence-corrected chi connectivity index (χ4v) is 6.44. The van der Waals surface area contributed by atoms with E-state index in [-0.39, 0.29) is 10.8 Å². The van der Waals surface area contributed by atoms with Crippen LogP contribution in [0.25, 0.3) is 0 Å². The molecule has 2 unspecified atom stereocenters. The van der Waals surface area contributed by atoms with Crippen LogP contribution in [-0.4, -0.2) is 18.1 Å². The van der Waals surface area contributed by atoms with Crippen molar-refractivity contribution in [3.05, 3.63) is 29.3 Å². The Hall–Kier alpha value is -0.280. The van der Waals surface area contributed by atoms with Crippen molar-refractivity contribution in [1.82, 2.24) is 0 Å². The van der Waals surface area contributed by atoms with Gasteiger partial charge in [-0.05, 0) is 47.1 Å². The van der Waals surface area contributed by atoms with E-state index < -0.39 is 17.2 Å². The first-order valence-electron chi connectivity index (χ1n) is 16.3. The normalized spacial score (nSPS) is 14.2. The molecule has 1 N–H and O–H groups in total. The Bertz CT molecular complexity index is 801. The van der Waals surface area contributed by atoms with Crippen LogP contribution in [0.15, 0.2) is 18.2 Å². The van der Waals surface area contributed by atoms with Gasteiger partial charge in [0.25, 0.3) is 0 Å². The molecule has 2 atom stereocenters. The Kier molecular flexibility index (Phi) is 19.5. The third-order valence-electron chi connectivity index (χ3n) is 7.21. The molecule has 1 aromatic rings. The third kappa shape index (κ3) is 18.9. The van der Waals surface area contributed by atoms with E-state index in [1.54, 1.807) is 0 Å². The van der Waals surface area contributed by atoms with Crippen molar-refractivity contribution in [3.63, 3.8) is 0 Å². The summed E-state index contributed by atoms with van der Waals surface area (Å²) in [4.78, 5) is 10.6. The molecule has 0 spiro atoms. The Labute approximate surface area is 256 Å². The van der Waals surface area contributed by atoms with Gasteiger partial charge in [0.15, 0.2) is 0 Å². The van der Waals surface area contributed by atoms with Gasteiger partial charge in [-0.2, -0.15) is 0 Å². The molecular weight excluding hydrogens is 550 g/mol. The lowest BCUT2D eigenvalue weighted by Gasteiger charge is -2.28. The van der Waals surface area contributed by atoms with Crippen LogP contribution in [0.3, 0.4) is 0 Å². The molecule has 41 heavy (non-hydrogen) atoms. The first kappa shape index (κ1) is 38.7. The fraction of sp³-hybridized carbons (Fsp3) is 0.824. The largest absolute Gasteiger partial charge is 0.426 e. The first-order chi connectivity index (χ1) is 19.2. The van der Waals surface area contributed by atoms with Gasteiger partial charge in [0.1, 0.15) is 5.75 Å². The van der Waals surface area contributed by atoms with Gasteiger partial charge < -0.3 is 18.5 Å². The van der Waals surface area contributed by atoms with E-state index in [1.165, 1.54) is 56.9 Å². The highest BCUT2D eigenvalue weighted by Crippen LogP contribution is 2.54. The van der Waals surface area contributed by atoms with E-state index in [2.05, 4.69) is 81.4 Å². The molecule has 0 amide bonds. The molecule has 0 aliphatic heterocycles. The van der Waals surface area contributed by atoms with E-state index >= 15 is 0 Å². The molecule has 0 fully saturated rings. The summed E-state index contributed by atoms with van der Waals surface area (Å²) in [7, 11) is -3.87. The van der Waals surface area contributed by atoms with E-state index in [0.29, 0.717) is 13.2 Å². The maximum Gasteiger partial charge on any atom is 0.404 e. The lowest BCUT2D eigenvalue weighted by atomic mass is 9.80. The van der Waals surface area contributed by atoms with Gasteiger partial charge in [0.05, 0.1) is 13.2 Å². The van der Waals surface area contributed by atoms with Gasteiger partial charge in [-0.1, -0.05) is 146 Å². The Balaban J connectivity index is 2.72. The van der Waals surface area contributed by atoms with Crippen LogP contribution in [0.1, 0.15) is 157 Å². The van der Waals surface area contributed by atoms with Crippen LogP contribution in [0, 0.1) is 11.8 Å². The second-order valence-corrected chi connectivity index (χ2v) is 16.7. The van der Waals surface area contributed by atoms with Crippen LogP contribution in [0.2, 0.25) is 0 Å². The molecule has 0 aromatic heterocycles. The number of unbranched alkanes of at least 4 members (excludes halogenated alkanes) is 8. The van der Waals surface area contributed by atoms with E-state index in [1.807, 2.05) is 6.07 Å². The fourth-order valence-electron chi connectivity index (χ4n) is 4.54. The summed E-state index contributed by atoms with van der Waals surface area (Å²) in [5.41, 5.74) is 2.28. The van der Waals surface area contributed by atoms with E-state index in [9.17, 15) is 4.89 Å². The van der Waals surface area contributed by atoms with Crippen LogP contribution >= 0.6 is 17.2 Å². The third-order valence-corrected chi connectivity index (χ3v) is 9.45. The predicted octanol–water partition coefficient (Wildman–Crippen LogP) is 12.1.